The molecule has 0 radical (unpaired) electrons. The van der Waals surface area contributed by atoms with Gasteiger partial charge in [0.1, 0.15) is 11.9 Å². The van der Waals surface area contributed by atoms with E-state index in [1.165, 1.54) is 16.8 Å². The summed E-state index contributed by atoms with van der Waals surface area (Å²) in [6.45, 7) is 1.20. The monoisotopic (exact) mass is 430 g/mol. The number of aromatic nitrogens is 1. The van der Waals surface area contributed by atoms with Gasteiger partial charge in [-0.3, -0.25) is 4.79 Å². The molecular formula is C23H24F2N2O2S. The first-order chi connectivity index (χ1) is 14.6. The van der Waals surface area contributed by atoms with Gasteiger partial charge in [-0.25, -0.2) is 13.8 Å². The highest BCUT2D eigenvalue weighted by Gasteiger charge is 2.24. The molecule has 0 saturated carbocycles. The second-order valence-electron chi connectivity index (χ2n) is 7.56. The topological polar surface area (TPSA) is 42.4 Å². The van der Waals surface area contributed by atoms with Gasteiger partial charge in [0.15, 0.2) is 11.6 Å². The Balaban J connectivity index is 1.17. The molecule has 1 aliphatic heterocycles. The van der Waals surface area contributed by atoms with E-state index < -0.39 is 11.6 Å². The molecule has 0 spiro atoms. The van der Waals surface area contributed by atoms with Gasteiger partial charge >= 0.3 is 0 Å². The van der Waals surface area contributed by atoms with Crippen molar-refractivity contribution in [1.82, 2.24) is 9.88 Å². The fraction of sp³-hybridized carbons (Fsp3) is 0.391. The highest BCUT2D eigenvalue weighted by Crippen LogP contribution is 2.24. The number of fused-ring (bicyclic) bond motifs is 1. The molecule has 3 aromatic rings. The van der Waals surface area contributed by atoms with E-state index in [1.807, 2.05) is 23.1 Å². The molecule has 4 nitrogen and oxygen atoms in total. The molecule has 2 aromatic carbocycles. The van der Waals surface area contributed by atoms with Crippen LogP contribution in [0.25, 0.3) is 10.2 Å². The van der Waals surface area contributed by atoms with Crippen molar-refractivity contribution in [3.63, 3.8) is 0 Å². The van der Waals surface area contributed by atoms with Crippen LogP contribution in [0.2, 0.25) is 0 Å². The quantitative estimate of drug-likeness (QED) is 0.474. The van der Waals surface area contributed by atoms with Crippen LogP contribution in [0, 0.1) is 11.6 Å². The summed E-state index contributed by atoms with van der Waals surface area (Å²) < 4.78 is 33.6. The van der Waals surface area contributed by atoms with Gasteiger partial charge < -0.3 is 9.64 Å². The van der Waals surface area contributed by atoms with Crippen LogP contribution in [0.4, 0.5) is 8.78 Å². The zero-order chi connectivity index (χ0) is 20.9. The van der Waals surface area contributed by atoms with E-state index in [2.05, 4.69) is 11.1 Å². The zero-order valence-electron chi connectivity index (χ0n) is 16.7. The summed E-state index contributed by atoms with van der Waals surface area (Å²) in [7, 11) is 0. The van der Waals surface area contributed by atoms with Crippen LogP contribution < -0.4 is 4.74 Å². The predicted octanol–water partition coefficient (Wildman–Crippen LogP) is 5.36. The van der Waals surface area contributed by atoms with Crippen molar-refractivity contribution >= 4 is 27.5 Å². The van der Waals surface area contributed by atoms with Crippen LogP contribution in [-0.4, -0.2) is 35.0 Å². The molecule has 1 amide bonds. The van der Waals surface area contributed by atoms with Crippen LogP contribution in [0.3, 0.4) is 0 Å². The first-order valence-corrected chi connectivity index (χ1v) is 11.1. The minimum Gasteiger partial charge on any atom is -0.487 e. The molecular weight excluding hydrogens is 406 g/mol. The Morgan fingerprint density at radius 3 is 2.70 bits per heavy atom. The van der Waals surface area contributed by atoms with E-state index in [4.69, 9.17) is 4.74 Å². The fourth-order valence-corrected chi connectivity index (χ4v) is 4.72. The van der Waals surface area contributed by atoms with Crippen molar-refractivity contribution in [2.24, 2.45) is 0 Å². The number of piperidine rings is 1. The van der Waals surface area contributed by atoms with Gasteiger partial charge in [-0.15, -0.1) is 11.3 Å². The van der Waals surface area contributed by atoms with Gasteiger partial charge in [-0.05, 0) is 43.5 Å². The Bertz CT molecular complexity index is 982. The summed E-state index contributed by atoms with van der Waals surface area (Å²) in [4.78, 5) is 19.0. The number of halogens is 2. The van der Waals surface area contributed by atoms with Crippen molar-refractivity contribution in [2.45, 2.75) is 44.6 Å². The van der Waals surface area contributed by atoms with Crippen LogP contribution in [0.5, 0.6) is 5.75 Å². The maximum absolute atomic E-state index is 13.7. The summed E-state index contributed by atoms with van der Waals surface area (Å²) in [5.41, 5.74) is 1.04. The SMILES string of the molecule is O=C(CCCCc1nc2ccccc2s1)N1CCC(Oc2ccc(F)cc2F)CC1. The van der Waals surface area contributed by atoms with Crippen molar-refractivity contribution in [2.75, 3.05) is 13.1 Å². The number of amides is 1. The standard InChI is InChI=1S/C23H24F2N2O2S/c24-16-9-10-20(18(25)15-16)29-17-11-13-27(14-12-17)23(28)8-4-3-7-22-26-19-5-1-2-6-21(19)30-22/h1-2,5-6,9-10,15,17H,3-4,7-8,11-14H2. The van der Waals surface area contributed by atoms with Crippen LogP contribution in [0.15, 0.2) is 42.5 Å². The molecule has 30 heavy (non-hydrogen) atoms. The number of ether oxygens (including phenoxy) is 1. The molecule has 0 unspecified atom stereocenters. The first kappa shape index (κ1) is 20.7. The molecule has 1 aliphatic rings. The minimum atomic E-state index is -0.693. The van der Waals surface area contributed by atoms with Crippen molar-refractivity contribution in [3.8, 4) is 5.75 Å². The van der Waals surface area contributed by atoms with E-state index in [0.717, 1.165) is 35.9 Å². The fourth-order valence-electron chi connectivity index (χ4n) is 3.71. The highest BCUT2D eigenvalue weighted by atomic mass is 32.1. The average Bonchev–Trinajstić information content (AvgIpc) is 3.16. The van der Waals surface area contributed by atoms with Crippen LogP contribution in [-0.2, 0) is 11.2 Å². The molecule has 4 rings (SSSR count). The molecule has 158 valence electrons. The highest BCUT2D eigenvalue weighted by molar-refractivity contribution is 7.18. The molecule has 0 N–H and O–H groups in total. The third kappa shape index (κ3) is 5.14. The number of thiazole rings is 1. The third-order valence-electron chi connectivity index (χ3n) is 5.35. The lowest BCUT2D eigenvalue weighted by molar-refractivity contribution is -0.133. The maximum atomic E-state index is 13.7. The van der Waals surface area contributed by atoms with Gasteiger partial charge in [-0.2, -0.15) is 0 Å². The van der Waals surface area contributed by atoms with Gasteiger partial charge in [0.2, 0.25) is 5.91 Å². The molecule has 1 saturated heterocycles. The molecule has 2 heterocycles. The Morgan fingerprint density at radius 1 is 1.13 bits per heavy atom. The number of hydrogen-bond acceptors (Lipinski definition) is 4. The molecule has 0 atom stereocenters. The molecule has 7 heteroatoms. The van der Waals surface area contributed by atoms with Gasteiger partial charge in [0.25, 0.3) is 0 Å². The zero-order valence-corrected chi connectivity index (χ0v) is 17.5. The second kappa shape index (κ2) is 9.51. The Labute approximate surface area is 178 Å². The minimum absolute atomic E-state index is 0.0658. The number of para-hydroxylation sites is 1. The number of unbranched alkanes of at least 4 members (excludes halogenated alkanes) is 1. The van der Waals surface area contributed by atoms with Crippen molar-refractivity contribution in [3.05, 3.63) is 59.1 Å². The average molecular weight is 431 g/mol. The lowest BCUT2D eigenvalue weighted by atomic mass is 10.1. The molecule has 0 aliphatic carbocycles. The summed E-state index contributed by atoms with van der Waals surface area (Å²) in [6, 6.07) is 11.4. The number of aryl methyl sites for hydroxylation is 1. The number of nitrogens with zero attached hydrogens (tertiary/aromatic N) is 2. The van der Waals surface area contributed by atoms with E-state index in [0.29, 0.717) is 32.4 Å². The third-order valence-corrected chi connectivity index (χ3v) is 6.45. The molecule has 1 fully saturated rings. The van der Waals surface area contributed by atoms with Crippen LogP contribution >= 0.6 is 11.3 Å². The summed E-state index contributed by atoms with van der Waals surface area (Å²) >= 11 is 1.72. The number of hydrogen-bond donors (Lipinski definition) is 0. The first-order valence-electron chi connectivity index (χ1n) is 10.3. The van der Waals surface area contributed by atoms with E-state index >= 15 is 0 Å². The van der Waals surface area contributed by atoms with Gasteiger partial charge in [0, 0.05) is 38.4 Å². The summed E-state index contributed by atoms with van der Waals surface area (Å²) in [5, 5.41) is 1.12. The normalized spacial score (nSPS) is 14.9. The summed E-state index contributed by atoms with van der Waals surface area (Å²) in [6.07, 6.45) is 4.34. The number of likely N-dealkylation sites (tertiary alicyclic amines) is 1. The molecule has 1 aromatic heterocycles. The smallest absolute Gasteiger partial charge is 0.222 e. The van der Waals surface area contributed by atoms with E-state index in [1.54, 1.807) is 11.3 Å². The number of carbonyl (C=O) groups excluding carboxylic acids is 1. The number of rotatable bonds is 7. The van der Waals surface area contributed by atoms with Crippen LogP contribution in [0.1, 0.15) is 37.1 Å². The lowest BCUT2D eigenvalue weighted by Crippen LogP contribution is -2.41. The van der Waals surface area contributed by atoms with E-state index in [-0.39, 0.29) is 17.8 Å². The van der Waals surface area contributed by atoms with Gasteiger partial charge in [-0.1, -0.05) is 12.1 Å². The van der Waals surface area contributed by atoms with Crippen molar-refractivity contribution in [1.29, 1.82) is 0 Å². The second-order valence-corrected chi connectivity index (χ2v) is 8.67. The Hall–Kier alpha value is -2.54. The Morgan fingerprint density at radius 2 is 1.93 bits per heavy atom. The summed E-state index contributed by atoms with van der Waals surface area (Å²) in [5.74, 6) is -1.09. The molecule has 0 bridgehead atoms. The maximum Gasteiger partial charge on any atom is 0.222 e. The Kier molecular flexibility index (Phi) is 6.57. The van der Waals surface area contributed by atoms with Gasteiger partial charge in [0.05, 0.1) is 15.2 Å². The van der Waals surface area contributed by atoms with Crippen molar-refractivity contribution < 1.29 is 18.3 Å². The number of benzene rings is 2. The largest absolute Gasteiger partial charge is 0.487 e. The lowest BCUT2D eigenvalue weighted by Gasteiger charge is -2.32. The number of carbonyl (C=O) groups is 1. The predicted molar refractivity (Wildman–Crippen MR) is 114 cm³/mol. The van der Waals surface area contributed by atoms with E-state index in [9.17, 15) is 13.6 Å².